The van der Waals surface area contributed by atoms with Crippen molar-refractivity contribution in [2.45, 2.75) is 66.8 Å². The normalized spacial score (nSPS) is 11.8. The van der Waals surface area contributed by atoms with Crippen molar-refractivity contribution in [3.05, 3.63) is 0 Å². The van der Waals surface area contributed by atoms with Crippen LogP contribution in [0.1, 0.15) is 60.8 Å². The fraction of sp³-hybridized carbons (Fsp3) is 0.824. The Balaban J connectivity index is 5.87. The van der Waals surface area contributed by atoms with E-state index < -0.39 is 23.9 Å². The van der Waals surface area contributed by atoms with Crippen molar-refractivity contribution in [1.82, 2.24) is 0 Å². The SMILES string of the molecule is CCC(=O)OC(C[N+](CC)(CC)CC)(OC(=O)CC)OC(=O)CC. The van der Waals surface area contributed by atoms with Gasteiger partial charge in [0.25, 0.3) is 0 Å². The molecule has 140 valence electrons. The molecule has 0 unspecified atom stereocenters. The van der Waals surface area contributed by atoms with Crippen molar-refractivity contribution in [2.75, 3.05) is 26.2 Å². The second-order valence-corrected chi connectivity index (χ2v) is 5.61. The summed E-state index contributed by atoms with van der Waals surface area (Å²) >= 11 is 0. The van der Waals surface area contributed by atoms with Crippen molar-refractivity contribution < 1.29 is 33.1 Å². The summed E-state index contributed by atoms with van der Waals surface area (Å²) in [6.45, 7) is 13.0. The summed E-state index contributed by atoms with van der Waals surface area (Å²) in [7, 11) is 0. The van der Waals surface area contributed by atoms with E-state index in [2.05, 4.69) is 0 Å². The quantitative estimate of drug-likeness (QED) is 0.325. The molecule has 0 saturated heterocycles. The van der Waals surface area contributed by atoms with Crippen molar-refractivity contribution in [3.63, 3.8) is 0 Å². The van der Waals surface area contributed by atoms with Gasteiger partial charge in [0.05, 0.1) is 19.6 Å². The number of ether oxygens (including phenoxy) is 3. The third-order valence-corrected chi connectivity index (χ3v) is 4.22. The van der Waals surface area contributed by atoms with Gasteiger partial charge in [-0.15, -0.1) is 0 Å². The molecular formula is C17H32NO6+. The number of likely N-dealkylation sites (N-methyl/N-ethyl adjacent to an activating group) is 1. The van der Waals surface area contributed by atoms with E-state index in [1.165, 1.54) is 0 Å². The first kappa shape index (κ1) is 22.4. The molecule has 0 heterocycles. The average Bonchev–Trinajstić information content (AvgIpc) is 2.59. The van der Waals surface area contributed by atoms with Gasteiger partial charge in [0.15, 0.2) is 0 Å². The maximum absolute atomic E-state index is 11.9. The Kier molecular flexibility index (Phi) is 9.58. The first-order valence-corrected chi connectivity index (χ1v) is 8.76. The molecule has 0 saturated carbocycles. The van der Waals surface area contributed by atoms with Crippen LogP contribution in [0.2, 0.25) is 0 Å². The van der Waals surface area contributed by atoms with Crippen LogP contribution in [0.3, 0.4) is 0 Å². The fourth-order valence-electron chi connectivity index (χ4n) is 2.31. The van der Waals surface area contributed by atoms with Crippen molar-refractivity contribution >= 4 is 17.9 Å². The van der Waals surface area contributed by atoms with Gasteiger partial charge in [-0.05, 0) is 20.8 Å². The lowest BCUT2D eigenvalue weighted by molar-refractivity contribution is -0.935. The Labute approximate surface area is 144 Å². The van der Waals surface area contributed by atoms with Gasteiger partial charge >= 0.3 is 23.9 Å². The Bertz CT molecular complexity index is 377. The molecule has 0 aliphatic rings. The molecule has 7 nitrogen and oxygen atoms in total. The molecule has 0 aliphatic carbocycles. The van der Waals surface area contributed by atoms with Crippen molar-refractivity contribution in [2.24, 2.45) is 0 Å². The highest BCUT2D eigenvalue weighted by molar-refractivity contribution is 5.73. The van der Waals surface area contributed by atoms with E-state index in [0.717, 1.165) is 0 Å². The van der Waals surface area contributed by atoms with Crippen LogP contribution >= 0.6 is 0 Å². The van der Waals surface area contributed by atoms with Gasteiger partial charge in [-0.3, -0.25) is 14.4 Å². The first-order valence-electron chi connectivity index (χ1n) is 8.76. The van der Waals surface area contributed by atoms with Crippen LogP contribution in [0.15, 0.2) is 0 Å². The summed E-state index contributed by atoms with van der Waals surface area (Å²) in [4.78, 5) is 35.7. The van der Waals surface area contributed by atoms with Crippen molar-refractivity contribution in [1.29, 1.82) is 0 Å². The number of nitrogens with zero attached hydrogens (tertiary/aromatic N) is 1. The molecule has 0 N–H and O–H groups in total. The van der Waals surface area contributed by atoms with Gasteiger partial charge in [0.2, 0.25) is 6.54 Å². The molecule has 0 atom stereocenters. The highest BCUT2D eigenvalue weighted by Gasteiger charge is 2.50. The van der Waals surface area contributed by atoms with Gasteiger partial charge in [0, 0.05) is 19.3 Å². The third kappa shape index (κ3) is 6.47. The maximum Gasteiger partial charge on any atom is 0.476 e. The highest BCUT2D eigenvalue weighted by Crippen LogP contribution is 2.25. The highest BCUT2D eigenvalue weighted by atomic mass is 16.9. The topological polar surface area (TPSA) is 78.9 Å². The van der Waals surface area contributed by atoms with Crippen LogP contribution in [-0.2, 0) is 28.6 Å². The van der Waals surface area contributed by atoms with Crippen molar-refractivity contribution in [3.8, 4) is 0 Å². The minimum absolute atomic E-state index is 0.0692. The number of esters is 3. The summed E-state index contributed by atoms with van der Waals surface area (Å²) in [5.41, 5.74) is 0. The zero-order chi connectivity index (χ0) is 18.8. The lowest BCUT2D eigenvalue weighted by Gasteiger charge is -2.41. The standard InChI is InChI=1S/C17H32NO6/c1-7-14(19)22-17(23-15(20)8-2,24-16(21)9-3)13-18(10-4,11-5)12-6/h7-13H2,1-6H3/q+1. The molecule has 0 aromatic heterocycles. The Morgan fingerprint density at radius 2 is 0.958 bits per heavy atom. The van der Waals surface area contributed by atoms with Crippen LogP contribution in [-0.4, -0.2) is 54.5 Å². The second kappa shape index (κ2) is 10.3. The molecule has 24 heavy (non-hydrogen) atoms. The molecule has 0 amide bonds. The lowest BCUT2D eigenvalue weighted by Crippen LogP contribution is -2.61. The van der Waals surface area contributed by atoms with Gasteiger partial charge in [-0.2, -0.15) is 0 Å². The molecule has 0 aromatic carbocycles. The van der Waals surface area contributed by atoms with Gasteiger partial charge in [-0.25, -0.2) is 0 Å². The Morgan fingerprint density at radius 3 is 1.17 bits per heavy atom. The predicted molar refractivity (Wildman–Crippen MR) is 88.6 cm³/mol. The fourth-order valence-corrected chi connectivity index (χ4v) is 2.31. The van der Waals surface area contributed by atoms with Gasteiger partial charge < -0.3 is 18.7 Å². The number of rotatable bonds is 11. The summed E-state index contributed by atoms with van der Waals surface area (Å²) in [5.74, 6) is -3.80. The molecule has 0 fully saturated rings. The van der Waals surface area contributed by atoms with Crippen LogP contribution < -0.4 is 0 Å². The summed E-state index contributed by atoms with van der Waals surface area (Å²) in [5, 5.41) is 0. The Hall–Kier alpha value is -1.63. The minimum Gasteiger partial charge on any atom is -0.384 e. The predicted octanol–water partition coefficient (Wildman–Crippen LogP) is 2.38. The molecule has 0 aliphatic heterocycles. The molecule has 0 radical (unpaired) electrons. The monoisotopic (exact) mass is 346 g/mol. The Morgan fingerprint density at radius 1 is 0.667 bits per heavy atom. The van der Waals surface area contributed by atoms with E-state index in [-0.39, 0.29) is 25.8 Å². The number of quaternary nitrogens is 1. The number of carbonyl (C=O) groups excluding carboxylic acids is 3. The molecule has 0 aromatic rings. The van der Waals surface area contributed by atoms with E-state index >= 15 is 0 Å². The van der Waals surface area contributed by atoms with E-state index in [0.29, 0.717) is 24.1 Å². The van der Waals surface area contributed by atoms with E-state index in [1.54, 1.807) is 20.8 Å². The largest absolute Gasteiger partial charge is 0.476 e. The summed E-state index contributed by atoms with van der Waals surface area (Å²) in [6, 6.07) is 0. The minimum atomic E-state index is -2.02. The average molecular weight is 346 g/mol. The summed E-state index contributed by atoms with van der Waals surface area (Å²) < 4.78 is 16.5. The maximum atomic E-state index is 11.9. The zero-order valence-electron chi connectivity index (χ0n) is 15.8. The number of carbonyl (C=O) groups is 3. The van der Waals surface area contributed by atoms with Crippen LogP contribution in [0, 0.1) is 0 Å². The van der Waals surface area contributed by atoms with Gasteiger partial charge in [0.1, 0.15) is 0 Å². The van der Waals surface area contributed by atoms with E-state index in [9.17, 15) is 14.4 Å². The van der Waals surface area contributed by atoms with E-state index in [4.69, 9.17) is 14.2 Å². The van der Waals surface area contributed by atoms with Crippen LogP contribution in [0.4, 0.5) is 0 Å². The van der Waals surface area contributed by atoms with E-state index in [1.807, 2.05) is 20.8 Å². The molecule has 0 bridgehead atoms. The van der Waals surface area contributed by atoms with Crippen LogP contribution in [0.5, 0.6) is 0 Å². The zero-order valence-corrected chi connectivity index (χ0v) is 15.8. The smallest absolute Gasteiger partial charge is 0.384 e. The number of hydrogen-bond acceptors (Lipinski definition) is 6. The lowest BCUT2D eigenvalue weighted by atomic mass is 10.3. The molecule has 0 rings (SSSR count). The first-order chi connectivity index (χ1) is 11.3. The van der Waals surface area contributed by atoms with Crippen LogP contribution in [0.25, 0.3) is 0 Å². The third-order valence-electron chi connectivity index (χ3n) is 4.22. The number of hydrogen-bond donors (Lipinski definition) is 0. The second-order valence-electron chi connectivity index (χ2n) is 5.61. The molecular weight excluding hydrogens is 314 g/mol. The summed E-state index contributed by atoms with van der Waals surface area (Å²) in [6.07, 6.45) is 0.248. The molecule has 7 heteroatoms. The molecule has 0 spiro atoms. The van der Waals surface area contributed by atoms with Gasteiger partial charge in [-0.1, -0.05) is 20.8 Å².